The van der Waals surface area contributed by atoms with Gasteiger partial charge < -0.3 is 4.74 Å². The van der Waals surface area contributed by atoms with Crippen LogP contribution in [0.25, 0.3) is 0 Å². The molecule has 0 spiro atoms. The van der Waals surface area contributed by atoms with Crippen LogP contribution in [0.4, 0.5) is 0 Å². The summed E-state index contributed by atoms with van der Waals surface area (Å²) < 4.78 is 7.55. The van der Waals surface area contributed by atoms with Gasteiger partial charge in [0.15, 0.2) is 0 Å². The molecule has 1 atom stereocenters. The van der Waals surface area contributed by atoms with E-state index in [9.17, 15) is 4.79 Å². The molecule has 6 heteroatoms. The van der Waals surface area contributed by atoms with E-state index >= 15 is 0 Å². The summed E-state index contributed by atoms with van der Waals surface area (Å²) >= 11 is 5.92. The van der Waals surface area contributed by atoms with Gasteiger partial charge in [0.1, 0.15) is 11.0 Å². The van der Waals surface area contributed by atoms with Gasteiger partial charge in [-0.25, -0.2) is 4.98 Å². The average Bonchev–Trinajstić information content (AvgIpc) is 3.26. The summed E-state index contributed by atoms with van der Waals surface area (Å²) in [6, 6.07) is 1.40. The van der Waals surface area contributed by atoms with Crippen molar-refractivity contribution in [1.29, 1.82) is 0 Å². The number of aromatic nitrogens is 2. The third kappa shape index (κ3) is 3.05. The molecule has 3 rings (SSSR count). The number of likely N-dealkylation sites (N-methyl/N-ethyl adjacent to an activating group) is 1. The number of halogens is 1. The number of nitrogens with zero attached hydrogens (tertiary/aromatic N) is 3. The number of hydrogen-bond acceptors (Lipinski definition) is 4. The van der Waals surface area contributed by atoms with Crippen molar-refractivity contribution in [2.24, 2.45) is 0 Å². The van der Waals surface area contributed by atoms with Crippen LogP contribution in [0.2, 0.25) is 5.15 Å². The molecule has 2 fully saturated rings. The minimum atomic E-state index is -0.0656. The fourth-order valence-corrected chi connectivity index (χ4v) is 2.89. The molecular formula is C14H20ClN3O2. The largest absolute Gasteiger partial charge is 0.374 e. The van der Waals surface area contributed by atoms with Crippen molar-refractivity contribution in [3.05, 3.63) is 27.4 Å². The molecular weight excluding hydrogens is 278 g/mol. The van der Waals surface area contributed by atoms with Gasteiger partial charge in [-0.2, -0.15) is 0 Å². The quantitative estimate of drug-likeness (QED) is 0.790. The first-order valence-electron chi connectivity index (χ1n) is 7.28. The number of hydrogen-bond donors (Lipinski definition) is 0. The summed E-state index contributed by atoms with van der Waals surface area (Å²) in [5.74, 6) is 1.23. The predicted octanol–water partition coefficient (Wildman–Crippen LogP) is 1.49. The Morgan fingerprint density at radius 3 is 3.00 bits per heavy atom. The lowest BCUT2D eigenvalue weighted by Crippen LogP contribution is -2.45. The lowest BCUT2D eigenvalue weighted by Gasteiger charge is -2.32. The lowest BCUT2D eigenvalue weighted by molar-refractivity contribution is -0.0352. The standard InChI is InChI=1S/C14H20ClN3O2/c1-2-17-5-6-20-11(8-17)9-18-13(19)7-12(15)16-14(18)10-3-4-10/h7,10-11H,2-6,8-9H2,1H3. The molecule has 1 unspecified atom stereocenters. The second-order valence-electron chi connectivity index (χ2n) is 5.55. The molecule has 2 heterocycles. The predicted molar refractivity (Wildman–Crippen MR) is 77.3 cm³/mol. The Morgan fingerprint density at radius 1 is 1.50 bits per heavy atom. The van der Waals surface area contributed by atoms with Crippen molar-refractivity contribution in [2.45, 2.75) is 38.3 Å². The van der Waals surface area contributed by atoms with Crippen molar-refractivity contribution in [1.82, 2.24) is 14.5 Å². The molecule has 0 amide bonds. The van der Waals surface area contributed by atoms with Gasteiger partial charge >= 0.3 is 0 Å². The van der Waals surface area contributed by atoms with Gasteiger partial charge in [0, 0.05) is 25.1 Å². The zero-order valence-corrected chi connectivity index (χ0v) is 12.5. The molecule has 110 valence electrons. The third-order valence-electron chi connectivity index (χ3n) is 4.01. The molecule has 1 aliphatic carbocycles. The Bertz CT molecular complexity index is 542. The van der Waals surface area contributed by atoms with Gasteiger partial charge in [0.05, 0.1) is 19.3 Å². The first-order chi connectivity index (χ1) is 9.67. The second-order valence-corrected chi connectivity index (χ2v) is 5.93. The molecule has 0 N–H and O–H groups in total. The Balaban J connectivity index is 1.81. The van der Waals surface area contributed by atoms with E-state index in [4.69, 9.17) is 16.3 Å². The zero-order valence-electron chi connectivity index (χ0n) is 11.7. The van der Waals surface area contributed by atoms with E-state index in [1.54, 1.807) is 4.57 Å². The van der Waals surface area contributed by atoms with Crippen LogP contribution in [-0.2, 0) is 11.3 Å². The molecule has 20 heavy (non-hydrogen) atoms. The number of morpholine rings is 1. The molecule has 1 saturated carbocycles. The van der Waals surface area contributed by atoms with E-state index in [0.717, 1.165) is 44.9 Å². The normalized spacial score (nSPS) is 24.0. The SMILES string of the molecule is CCN1CCOC(Cn2c(C3CC3)nc(Cl)cc2=O)C1. The molecule has 0 radical (unpaired) electrons. The lowest BCUT2D eigenvalue weighted by atomic mass is 10.2. The first-order valence-corrected chi connectivity index (χ1v) is 7.66. The molecule has 1 aromatic heterocycles. The monoisotopic (exact) mass is 297 g/mol. The number of ether oxygens (including phenoxy) is 1. The van der Waals surface area contributed by atoms with Crippen LogP contribution >= 0.6 is 11.6 Å². The third-order valence-corrected chi connectivity index (χ3v) is 4.20. The van der Waals surface area contributed by atoms with Gasteiger partial charge in [0.25, 0.3) is 5.56 Å². The summed E-state index contributed by atoms with van der Waals surface area (Å²) in [7, 11) is 0. The molecule has 1 aliphatic heterocycles. The van der Waals surface area contributed by atoms with E-state index < -0.39 is 0 Å². The Morgan fingerprint density at radius 2 is 2.30 bits per heavy atom. The summed E-state index contributed by atoms with van der Waals surface area (Å²) in [5.41, 5.74) is -0.0656. The highest BCUT2D eigenvalue weighted by Gasteiger charge is 2.30. The van der Waals surface area contributed by atoms with E-state index in [1.807, 2.05) is 0 Å². The van der Waals surface area contributed by atoms with Crippen LogP contribution in [0.1, 0.15) is 31.5 Å². The smallest absolute Gasteiger partial charge is 0.255 e. The summed E-state index contributed by atoms with van der Waals surface area (Å²) in [6.07, 6.45) is 2.25. The van der Waals surface area contributed by atoms with Gasteiger partial charge in [-0.15, -0.1) is 0 Å². The summed E-state index contributed by atoms with van der Waals surface area (Å²) in [4.78, 5) is 18.9. The molecule has 0 aromatic carbocycles. The first kappa shape index (κ1) is 14.0. The van der Waals surface area contributed by atoms with Crippen LogP contribution in [0.15, 0.2) is 10.9 Å². The van der Waals surface area contributed by atoms with Crippen LogP contribution < -0.4 is 5.56 Å². The van der Waals surface area contributed by atoms with Crippen molar-refractivity contribution < 1.29 is 4.74 Å². The van der Waals surface area contributed by atoms with Crippen molar-refractivity contribution in [2.75, 3.05) is 26.2 Å². The Hall–Kier alpha value is -0.910. The second kappa shape index (κ2) is 5.84. The highest BCUT2D eigenvalue weighted by molar-refractivity contribution is 6.29. The Labute approximate surface area is 123 Å². The molecule has 1 saturated heterocycles. The minimum Gasteiger partial charge on any atom is -0.374 e. The number of rotatable bonds is 4. The summed E-state index contributed by atoms with van der Waals surface area (Å²) in [5, 5.41) is 0.299. The van der Waals surface area contributed by atoms with E-state index in [0.29, 0.717) is 17.6 Å². The highest BCUT2D eigenvalue weighted by atomic mass is 35.5. The minimum absolute atomic E-state index is 0.0573. The average molecular weight is 298 g/mol. The van der Waals surface area contributed by atoms with Crippen LogP contribution in [0, 0.1) is 0 Å². The van der Waals surface area contributed by atoms with Crippen LogP contribution in [-0.4, -0.2) is 46.8 Å². The van der Waals surface area contributed by atoms with Gasteiger partial charge in [-0.05, 0) is 19.4 Å². The van der Waals surface area contributed by atoms with Gasteiger partial charge in [-0.3, -0.25) is 14.3 Å². The maximum Gasteiger partial charge on any atom is 0.255 e. The summed E-state index contributed by atoms with van der Waals surface area (Å²) in [6.45, 7) is 6.31. The molecule has 1 aromatic rings. The zero-order chi connectivity index (χ0) is 14.1. The van der Waals surface area contributed by atoms with Crippen molar-refractivity contribution in [3.8, 4) is 0 Å². The van der Waals surface area contributed by atoms with E-state index in [2.05, 4.69) is 16.8 Å². The fourth-order valence-electron chi connectivity index (χ4n) is 2.71. The van der Waals surface area contributed by atoms with E-state index in [-0.39, 0.29) is 11.7 Å². The van der Waals surface area contributed by atoms with E-state index in [1.165, 1.54) is 6.07 Å². The van der Waals surface area contributed by atoms with Crippen molar-refractivity contribution in [3.63, 3.8) is 0 Å². The maximum absolute atomic E-state index is 12.2. The van der Waals surface area contributed by atoms with Crippen LogP contribution in [0.3, 0.4) is 0 Å². The topological polar surface area (TPSA) is 47.4 Å². The van der Waals surface area contributed by atoms with Gasteiger partial charge in [-0.1, -0.05) is 18.5 Å². The molecule has 2 aliphatic rings. The Kier molecular flexibility index (Phi) is 4.10. The molecule has 0 bridgehead atoms. The maximum atomic E-state index is 12.2. The van der Waals surface area contributed by atoms with Crippen molar-refractivity contribution >= 4 is 11.6 Å². The van der Waals surface area contributed by atoms with Gasteiger partial charge in [0.2, 0.25) is 0 Å². The highest BCUT2D eigenvalue weighted by Crippen LogP contribution is 2.38. The fraction of sp³-hybridized carbons (Fsp3) is 0.714. The van der Waals surface area contributed by atoms with Crippen LogP contribution in [0.5, 0.6) is 0 Å². The molecule has 5 nitrogen and oxygen atoms in total.